The smallest absolute Gasteiger partial charge is 0.216 e. The Kier molecular flexibility index (Phi) is 2.95. The third-order valence-corrected chi connectivity index (χ3v) is 2.47. The number of amides is 1. The van der Waals surface area contributed by atoms with Crippen molar-refractivity contribution in [1.29, 1.82) is 0 Å². The maximum absolute atomic E-state index is 10.8. The molecule has 0 aliphatic rings. The molecular formula is C11H15N5O. The van der Waals surface area contributed by atoms with Crippen molar-refractivity contribution in [1.82, 2.24) is 19.9 Å². The number of nitrogens with one attached hydrogen (secondary N) is 1. The third kappa shape index (κ3) is 2.35. The van der Waals surface area contributed by atoms with Gasteiger partial charge in [0.05, 0.1) is 0 Å². The van der Waals surface area contributed by atoms with E-state index in [-0.39, 0.29) is 5.91 Å². The predicted octanol–water partition coefficient (Wildman–Crippen LogP) is 0.458. The summed E-state index contributed by atoms with van der Waals surface area (Å²) >= 11 is 0. The first-order valence-corrected chi connectivity index (χ1v) is 5.41. The van der Waals surface area contributed by atoms with Gasteiger partial charge in [0.25, 0.3) is 0 Å². The van der Waals surface area contributed by atoms with Crippen molar-refractivity contribution >= 4 is 23.0 Å². The lowest BCUT2D eigenvalue weighted by Gasteiger charge is -2.06. The van der Waals surface area contributed by atoms with E-state index in [1.807, 2.05) is 19.1 Å². The summed E-state index contributed by atoms with van der Waals surface area (Å²) in [6, 6.07) is 3.79. The van der Waals surface area contributed by atoms with E-state index >= 15 is 0 Å². The van der Waals surface area contributed by atoms with Crippen LogP contribution in [0.4, 0.5) is 5.95 Å². The van der Waals surface area contributed by atoms with Crippen LogP contribution < -0.4 is 11.1 Å². The van der Waals surface area contributed by atoms with Gasteiger partial charge in [0.2, 0.25) is 11.9 Å². The van der Waals surface area contributed by atoms with Crippen LogP contribution in [0.1, 0.15) is 12.6 Å². The minimum absolute atomic E-state index is 0.0582. The van der Waals surface area contributed by atoms with Crippen molar-refractivity contribution in [3.63, 3.8) is 0 Å². The van der Waals surface area contributed by atoms with E-state index < -0.39 is 0 Å². The molecule has 0 aliphatic carbocycles. The van der Waals surface area contributed by atoms with Crippen molar-refractivity contribution in [2.45, 2.75) is 20.4 Å². The van der Waals surface area contributed by atoms with Gasteiger partial charge in [-0.05, 0) is 19.1 Å². The fourth-order valence-electron chi connectivity index (χ4n) is 1.68. The molecule has 0 aromatic carbocycles. The highest BCUT2D eigenvalue weighted by Crippen LogP contribution is 2.15. The van der Waals surface area contributed by atoms with Crippen LogP contribution in [0.25, 0.3) is 11.2 Å². The molecule has 6 heteroatoms. The molecule has 90 valence electrons. The SMILES string of the molecule is CC(=O)NCCn1c(N)nc2ccc(C)nc21. The first kappa shape index (κ1) is 11.4. The molecule has 0 atom stereocenters. The van der Waals surface area contributed by atoms with E-state index in [9.17, 15) is 4.79 Å². The zero-order chi connectivity index (χ0) is 12.4. The molecule has 0 saturated heterocycles. The molecule has 0 bridgehead atoms. The minimum Gasteiger partial charge on any atom is -0.369 e. The number of carbonyl (C=O) groups is 1. The quantitative estimate of drug-likeness (QED) is 0.806. The Labute approximate surface area is 98.8 Å². The molecule has 3 N–H and O–H groups in total. The van der Waals surface area contributed by atoms with E-state index in [1.165, 1.54) is 6.92 Å². The Bertz CT molecular complexity index is 560. The van der Waals surface area contributed by atoms with Crippen LogP contribution in [-0.2, 0) is 11.3 Å². The van der Waals surface area contributed by atoms with Gasteiger partial charge < -0.3 is 11.1 Å². The van der Waals surface area contributed by atoms with Gasteiger partial charge in [0.1, 0.15) is 5.52 Å². The molecule has 2 aromatic rings. The fraction of sp³-hybridized carbons (Fsp3) is 0.364. The third-order valence-electron chi connectivity index (χ3n) is 2.47. The summed E-state index contributed by atoms with van der Waals surface area (Å²) in [5.41, 5.74) is 8.27. The number of nitrogens with zero attached hydrogens (tertiary/aromatic N) is 3. The standard InChI is InChI=1S/C11H15N5O/c1-7-3-4-9-10(14-7)16(11(12)15-9)6-5-13-8(2)17/h3-4H,5-6H2,1-2H3,(H2,12,15)(H,13,17). The van der Waals surface area contributed by atoms with Crippen LogP contribution in [0, 0.1) is 6.92 Å². The number of carbonyl (C=O) groups excluding carboxylic acids is 1. The molecule has 0 spiro atoms. The van der Waals surface area contributed by atoms with Gasteiger partial charge in [-0.15, -0.1) is 0 Å². The second-order valence-corrected chi connectivity index (χ2v) is 3.90. The Balaban J connectivity index is 2.28. The monoisotopic (exact) mass is 233 g/mol. The molecule has 2 rings (SSSR count). The van der Waals surface area contributed by atoms with E-state index in [4.69, 9.17) is 5.73 Å². The number of nitrogen functional groups attached to an aromatic ring is 1. The largest absolute Gasteiger partial charge is 0.369 e. The van der Waals surface area contributed by atoms with Crippen molar-refractivity contribution in [2.24, 2.45) is 0 Å². The lowest BCUT2D eigenvalue weighted by Crippen LogP contribution is -2.25. The second kappa shape index (κ2) is 4.40. The van der Waals surface area contributed by atoms with Crippen LogP contribution in [0.15, 0.2) is 12.1 Å². The highest BCUT2D eigenvalue weighted by Gasteiger charge is 2.09. The van der Waals surface area contributed by atoms with E-state index in [0.29, 0.717) is 19.0 Å². The zero-order valence-corrected chi connectivity index (χ0v) is 9.90. The Hall–Kier alpha value is -2.11. The maximum Gasteiger partial charge on any atom is 0.216 e. The van der Waals surface area contributed by atoms with E-state index in [0.717, 1.165) is 16.9 Å². The summed E-state index contributed by atoms with van der Waals surface area (Å²) in [6.07, 6.45) is 0. The van der Waals surface area contributed by atoms with Gasteiger partial charge >= 0.3 is 0 Å². The molecule has 0 unspecified atom stereocenters. The summed E-state index contributed by atoms with van der Waals surface area (Å²) in [5, 5.41) is 2.72. The number of pyridine rings is 1. The van der Waals surface area contributed by atoms with Crippen molar-refractivity contribution in [3.05, 3.63) is 17.8 Å². The first-order chi connectivity index (χ1) is 8.08. The van der Waals surface area contributed by atoms with Crippen LogP contribution in [0.5, 0.6) is 0 Å². The molecular weight excluding hydrogens is 218 g/mol. The van der Waals surface area contributed by atoms with Crippen LogP contribution in [-0.4, -0.2) is 27.0 Å². The molecule has 0 radical (unpaired) electrons. The van der Waals surface area contributed by atoms with Crippen molar-refractivity contribution in [3.8, 4) is 0 Å². The highest BCUT2D eigenvalue weighted by molar-refractivity contribution is 5.74. The number of aryl methyl sites for hydroxylation is 1. The number of hydrogen-bond acceptors (Lipinski definition) is 4. The van der Waals surface area contributed by atoms with Crippen LogP contribution in [0.2, 0.25) is 0 Å². The van der Waals surface area contributed by atoms with Gasteiger partial charge in [-0.1, -0.05) is 0 Å². The van der Waals surface area contributed by atoms with E-state index in [1.54, 1.807) is 4.57 Å². The molecule has 17 heavy (non-hydrogen) atoms. The summed E-state index contributed by atoms with van der Waals surface area (Å²) < 4.78 is 1.80. The number of aromatic nitrogens is 3. The van der Waals surface area contributed by atoms with Crippen molar-refractivity contribution < 1.29 is 4.79 Å². The minimum atomic E-state index is -0.0582. The number of imidazole rings is 1. The average molecular weight is 233 g/mol. The van der Waals surface area contributed by atoms with Crippen molar-refractivity contribution in [2.75, 3.05) is 12.3 Å². The van der Waals surface area contributed by atoms with Crippen LogP contribution >= 0.6 is 0 Å². The second-order valence-electron chi connectivity index (χ2n) is 3.90. The molecule has 2 heterocycles. The fourth-order valence-corrected chi connectivity index (χ4v) is 1.68. The van der Waals surface area contributed by atoms with Gasteiger partial charge in [-0.2, -0.15) is 0 Å². The summed E-state index contributed by atoms with van der Waals surface area (Å²) in [6.45, 7) is 4.48. The lowest BCUT2D eigenvalue weighted by molar-refractivity contribution is -0.118. The zero-order valence-electron chi connectivity index (χ0n) is 9.90. The average Bonchev–Trinajstić information content (AvgIpc) is 2.55. The van der Waals surface area contributed by atoms with Gasteiger partial charge in [0, 0.05) is 25.7 Å². The number of anilines is 1. The summed E-state index contributed by atoms with van der Waals surface area (Å²) in [5.74, 6) is 0.362. The highest BCUT2D eigenvalue weighted by atomic mass is 16.1. The number of rotatable bonds is 3. The summed E-state index contributed by atoms with van der Waals surface area (Å²) in [7, 11) is 0. The van der Waals surface area contributed by atoms with Crippen LogP contribution in [0.3, 0.4) is 0 Å². The van der Waals surface area contributed by atoms with E-state index in [2.05, 4.69) is 15.3 Å². The Morgan fingerprint density at radius 1 is 1.47 bits per heavy atom. The Morgan fingerprint density at radius 3 is 2.94 bits per heavy atom. The normalized spacial score (nSPS) is 10.7. The van der Waals surface area contributed by atoms with Gasteiger partial charge in [0.15, 0.2) is 5.65 Å². The molecule has 1 amide bonds. The molecule has 0 aliphatic heterocycles. The first-order valence-electron chi connectivity index (χ1n) is 5.41. The lowest BCUT2D eigenvalue weighted by atomic mass is 10.3. The predicted molar refractivity (Wildman–Crippen MR) is 65.4 cm³/mol. The molecule has 0 saturated carbocycles. The summed E-state index contributed by atoms with van der Waals surface area (Å²) in [4.78, 5) is 19.4. The molecule has 2 aromatic heterocycles. The maximum atomic E-state index is 10.8. The topological polar surface area (TPSA) is 85.8 Å². The number of hydrogen-bond donors (Lipinski definition) is 2. The Morgan fingerprint density at radius 2 is 2.24 bits per heavy atom. The van der Waals surface area contributed by atoms with Gasteiger partial charge in [-0.25, -0.2) is 9.97 Å². The molecule has 6 nitrogen and oxygen atoms in total. The molecule has 0 fully saturated rings. The number of fused-ring (bicyclic) bond motifs is 1. The number of nitrogens with two attached hydrogens (primary N) is 1. The van der Waals surface area contributed by atoms with Gasteiger partial charge in [-0.3, -0.25) is 9.36 Å².